The van der Waals surface area contributed by atoms with Gasteiger partial charge in [0, 0.05) is 27.2 Å². The predicted molar refractivity (Wildman–Crippen MR) is 148 cm³/mol. The van der Waals surface area contributed by atoms with Crippen LogP contribution < -0.4 is 5.32 Å². The number of carbonyl (C=O) groups excluding carboxylic acids is 2. The van der Waals surface area contributed by atoms with Crippen LogP contribution in [0.4, 0.5) is 5.00 Å². The lowest BCUT2D eigenvalue weighted by molar-refractivity contribution is -0.113. The minimum Gasteiger partial charge on any atom is -0.465 e. The summed E-state index contributed by atoms with van der Waals surface area (Å²) in [6, 6.07) is 2.16. The number of amides is 1. The number of methoxy groups -OCH3 is 1. The minimum absolute atomic E-state index is 0.156. The second kappa shape index (κ2) is 12.7. The molecule has 0 radical (unpaired) electrons. The summed E-state index contributed by atoms with van der Waals surface area (Å²) in [7, 11) is 1.39. The maximum Gasteiger partial charge on any atom is 0.341 e. The molecule has 0 saturated heterocycles. The number of nitrogens with zero attached hydrogens (tertiary/aromatic N) is 3. The van der Waals surface area contributed by atoms with Gasteiger partial charge in [-0.25, -0.2) is 4.79 Å². The van der Waals surface area contributed by atoms with Crippen molar-refractivity contribution in [3.63, 3.8) is 0 Å². The zero-order valence-electron chi connectivity index (χ0n) is 20.8. The number of thioether (sulfide) groups is 1. The molecule has 3 aromatic rings. The zero-order valence-corrected chi connectivity index (χ0v) is 23.3. The molecule has 0 aromatic carbocycles. The number of allylic oxidation sites excluding steroid dienone is 1. The number of anilines is 1. The molecule has 0 aliphatic heterocycles. The molecule has 0 fully saturated rings. The van der Waals surface area contributed by atoms with E-state index in [2.05, 4.69) is 40.5 Å². The van der Waals surface area contributed by atoms with Crippen molar-refractivity contribution in [2.24, 2.45) is 0 Å². The van der Waals surface area contributed by atoms with Crippen molar-refractivity contribution in [3.05, 3.63) is 45.0 Å². The van der Waals surface area contributed by atoms with Gasteiger partial charge in [-0.2, -0.15) is 0 Å². The number of aromatic nitrogens is 3. The molecule has 4 rings (SSSR count). The topological polar surface area (TPSA) is 86.1 Å². The van der Waals surface area contributed by atoms with Crippen molar-refractivity contribution in [1.29, 1.82) is 0 Å². The van der Waals surface area contributed by atoms with Gasteiger partial charge in [0.2, 0.25) is 5.91 Å². The Morgan fingerprint density at radius 2 is 2.06 bits per heavy atom. The van der Waals surface area contributed by atoms with Crippen molar-refractivity contribution >= 4 is 51.3 Å². The first kappa shape index (κ1) is 26.6. The van der Waals surface area contributed by atoms with Gasteiger partial charge in [0.1, 0.15) is 5.00 Å². The highest BCUT2D eigenvalue weighted by molar-refractivity contribution is 7.99. The maximum atomic E-state index is 13.0. The molecule has 10 heteroatoms. The van der Waals surface area contributed by atoms with Crippen LogP contribution in [0.2, 0.25) is 0 Å². The van der Waals surface area contributed by atoms with Gasteiger partial charge in [-0.05, 0) is 43.7 Å². The third-order valence-corrected chi connectivity index (χ3v) is 9.25. The van der Waals surface area contributed by atoms with Crippen LogP contribution in [0, 0.1) is 0 Å². The smallest absolute Gasteiger partial charge is 0.341 e. The predicted octanol–water partition coefficient (Wildman–Crippen LogP) is 6.38. The molecule has 192 valence electrons. The Morgan fingerprint density at radius 1 is 1.25 bits per heavy atom. The summed E-state index contributed by atoms with van der Waals surface area (Å²) in [6.07, 6.45) is 10.2. The van der Waals surface area contributed by atoms with E-state index in [1.807, 2.05) is 4.57 Å². The Kier molecular flexibility index (Phi) is 9.39. The molecule has 1 N–H and O–H groups in total. The number of nitrogens with one attached hydrogen (secondary N) is 1. The molecule has 1 amide bonds. The second-order valence-corrected chi connectivity index (χ2v) is 11.8. The van der Waals surface area contributed by atoms with E-state index >= 15 is 0 Å². The molecule has 0 atom stereocenters. The normalized spacial score (nSPS) is 13.5. The Labute approximate surface area is 224 Å². The van der Waals surface area contributed by atoms with Gasteiger partial charge < -0.3 is 10.1 Å². The monoisotopic (exact) mass is 544 g/mol. The van der Waals surface area contributed by atoms with E-state index < -0.39 is 0 Å². The molecule has 0 unspecified atom stereocenters. The summed E-state index contributed by atoms with van der Waals surface area (Å²) < 4.78 is 7.06. The number of fused-ring (bicyclic) bond motifs is 1. The Bertz CT molecular complexity index is 1230. The molecule has 0 spiro atoms. The Morgan fingerprint density at radius 3 is 2.81 bits per heavy atom. The van der Waals surface area contributed by atoms with Crippen LogP contribution in [0.25, 0.3) is 11.4 Å². The highest BCUT2D eigenvalue weighted by atomic mass is 32.2. The lowest BCUT2D eigenvalue weighted by atomic mass is 9.96. The van der Waals surface area contributed by atoms with Gasteiger partial charge >= 0.3 is 5.97 Å². The van der Waals surface area contributed by atoms with Gasteiger partial charge in [-0.15, -0.1) is 39.4 Å². The molecular formula is C26H32N4O3S3. The molecule has 3 heterocycles. The summed E-state index contributed by atoms with van der Waals surface area (Å²) in [4.78, 5) is 28.1. The van der Waals surface area contributed by atoms with E-state index in [0.717, 1.165) is 61.9 Å². The summed E-state index contributed by atoms with van der Waals surface area (Å²) >= 11 is 4.57. The van der Waals surface area contributed by atoms with Crippen LogP contribution in [-0.4, -0.2) is 39.5 Å². The van der Waals surface area contributed by atoms with E-state index in [1.54, 1.807) is 17.4 Å². The largest absolute Gasteiger partial charge is 0.465 e. The SMILES string of the molecule is C=CCn1c(SCC(=O)Nc2sc3c(c2C(=O)OC)CCCCCC3)nnc1-c1csc(CCC)c1. The summed E-state index contributed by atoms with van der Waals surface area (Å²) in [5.41, 5.74) is 2.60. The molecule has 36 heavy (non-hydrogen) atoms. The van der Waals surface area contributed by atoms with Crippen LogP contribution in [0.1, 0.15) is 64.7 Å². The van der Waals surface area contributed by atoms with Crippen LogP contribution in [0.3, 0.4) is 0 Å². The van der Waals surface area contributed by atoms with E-state index in [0.29, 0.717) is 22.3 Å². The first-order chi connectivity index (χ1) is 17.5. The minimum atomic E-state index is -0.385. The maximum absolute atomic E-state index is 13.0. The number of esters is 1. The fraction of sp³-hybridized carbons (Fsp3) is 0.462. The third-order valence-electron chi connectivity index (χ3n) is 6.08. The highest BCUT2D eigenvalue weighted by Gasteiger charge is 2.26. The molecule has 7 nitrogen and oxygen atoms in total. The Balaban J connectivity index is 1.49. The second-order valence-electron chi connectivity index (χ2n) is 8.71. The van der Waals surface area contributed by atoms with Crippen molar-refractivity contribution in [2.45, 2.75) is 70.0 Å². The number of ether oxygens (including phenoxy) is 1. The molecule has 3 aromatic heterocycles. The van der Waals surface area contributed by atoms with Crippen LogP contribution >= 0.6 is 34.4 Å². The van der Waals surface area contributed by atoms with E-state index in [1.165, 1.54) is 46.4 Å². The molecule has 0 saturated carbocycles. The van der Waals surface area contributed by atoms with E-state index in [4.69, 9.17) is 4.74 Å². The van der Waals surface area contributed by atoms with Crippen molar-refractivity contribution in [1.82, 2.24) is 14.8 Å². The van der Waals surface area contributed by atoms with Gasteiger partial charge in [0.15, 0.2) is 11.0 Å². The van der Waals surface area contributed by atoms with Crippen molar-refractivity contribution in [2.75, 3.05) is 18.2 Å². The standard InChI is InChI=1S/C26H32N4O3S3/c1-4-10-18-14-17(15-34-18)23-28-29-26(30(23)13-5-2)35-16-21(31)27-24-22(25(32)33-3)19-11-8-6-7-9-12-20(19)36-24/h5,14-15H,2,4,6-13,16H2,1,3H3,(H,27,31). The molecular weight excluding hydrogens is 513 g/mol. The first-order valence-corrected chi connectivity index (χ1v) is 15.0. The van der Waals surface area contributed by atoms with E-state index in [-0.39, 0.29) is 17.6 Å². The summed E-state index contributed by atoms with van der Waals surface area (Å²) in [6.45, 7) is 6.59. The number of hydrogen-bond acceptors (Lipinski definition) is 8. The Hall–Kier alpha value is -2.43. The summed E-state index contributed by atoms with van der Waals surface area (Å²) in [5.74, 6) is 0.366. The van der Waals surface area contributed by atoms with Gasteiger partial charge in [-0.3, -0.25) is 9.36 Å². The van der Waals surface area contributed by atoms with Crippen LogP contribution in [-0.2, 0) is 35.3 Å². The fourth-order valence-corrected chi connectivity index (χ4v) is 7.41. The number of thiophene rings is 2. The van der Waals surface area contributed by atoms with Gasteiger partial charge in [0.05, 0.1) is 18.4 Å². The van der Waals surface area contributed by atoms with Crippen LogP contribution in [0.5, 0.6) is 0 Å². The zero-order chi connectivity index (χ0) is 25.5. The molecule has 0 bridgehead atoms. The number of rotatable bonds is 10. The van der Waals surface area contributed by atoms with Crippen molar-refractivity contribution in [3.8, 4) is 11.4 Å². The van der Waals surface area contributed by atoms with E-state index in [9.17, 15) is 9.59 Å². The number of carbonyl (C=O) groups is 2. The molecule has 1 aliphatic carbocycles. The molecule has 1 aliphatic rings. The third kappa shape index (κ3) is 6.10. The van der Waals surface area contributed by atoms with Gasteiger partial charge in [0.25, 0.3) is 0 Å². The highest BCUT2D eigenvalue weighted by Crippen LogP contribution is 2.38. The average Bonchev–Trinajstić information content (AvgIpc) is 3.55. The van der Waals surface area contributed by atoms with Crippen LogP contribution in [0.15, 0.2) is 29.3 Å². The lowest BCUT2D eigenvalue weighted by Gasteiger charge is -2.11. The average molecular weight is 545 g/mol. The fourth-order valence-electron chi connectivity index (χ4n) is 4.40. The summed E-state index contributed by atoms with van der Waals surface area (Å²) in [5, 5.41) is 15.1. The lowest BCUT2D eigenvalue weighted by Crippen LogP contribution is -2.17. The number of aryl methyl sites for hydroxylation is 2. The first-order valence-electron chi connectivity index (χ1n) is 12.3. The van der Waals surface area contributed by atoms with Gasteiger partial charge in [-0.1, -0.05) is 44.0 Å². The quantitative estimate of drug-likeness (QED) is 0.181. The number of hydrogen-bond donors (Lipinski definition) is 1. The van der Waals surface area contributed by atoms with Crippen molar-refractivity contribution < 1.29 is 14.3 Å².